The first kappa shape index (κ1) is 15.3. The lowest BCUT2D eigenvalue weighted by Crippen LogP contribution is -2.58. The number of halogens is 3. The number of methoxy groups -OCH3 is 1. The molecule has 0 heterocycles. The van der Waals surface area contributed by atoms with Gasteiger partial charge < -0.3 is 9.47 Å². The average Bonchev–Trinajstić information content (AvgIpc) is 2.38. The zero-order valence-corrected chi connectivity index (χ0v) is 10.7. The van der Waals surface area contributed by atoms with Crippen molar-refractivity contribution >= 4 is 5.97 Å². The molecular weight excluding hydrogens is 249 g/mol. The normalized spacial score (nSPS) is 21.4. The first-order chi connectivity index (χ1) is 8.41. The van der Waals surface area contributed by atoms with Crippen molar-refractivity contribution in [2.45, 2.75) is 56.7 Å². The zero-order valence-electron chi connectivity index (χ0n) is 10.7. The summed E-state index contributed by atoms with van der Waals surface area (Å²) in [6.45, 7) is 1.64. The summed E-state index contributed by atoms with van der Waals surface area (Å²) in [7, 11) is 0.888. The first-order valence-electron chi connectivity index (χ1n) is 6.15. The van der Waals surface area contributed by atoms with Gasteiger partial charge in [0.1, 0.15) is 5.60 Å². The fourth-order valence-corrected chi connectivity index (χ4v) is 2.46. The van der Waals surface area contributed by atoms with E-state index in [1.54, 1.807) is 6.92 Å². The number of carbonyl (C=O) groups excluding carboxylic acids is 1. The number of hydrogen-bond acceptors (Lipinski definition) is 3. The van der Waals surface area contributed by atoms with E-state index < -0.39 is 23.7 Å². The predicted octanol–water partition coefficient (Wildman–Crippen LogP) is 2.87. The first-order valence-corrected chi connectivity index (χ1v) is 6.15. The molecule has 0 aromatic carbocycles. The van der Waals surface area contributed by atoms with E-state index in [1.807, 2.05) is 0 Å². The van der Waals surface area contributed by atoms with Crippen LogP contribution in [-0.2, 0) is 14.3 Å². The summed E-state index contributed by atoms with van der Waals surface area (Å²) in [5, 5.41) is 0. The molecule has 1 atom stereocenters. The average molecular weight is 268 g/mol. The van der Waals surface area contributed by atoms with Crippen LogP contribution in [0.5, 0.6) is 0 Å². The Bertz CT molecular complexity index is 283. The number of alkyl halides is 3. The van der Waals surface area contributed by atoms with Gasteiger partial charge in [0.05, 0.1) is 7.11 Å². The van der Waals surface area contributed by atoms with Crippen molar-refractivity contribution in [2.75, 3.05) is 13.7 Å². The van der Waals surface area contributed by atoms with E-state index in [-0.39, 0.29) is 19.4 Å². The maximum absolute atomic E-state index is 14.2. The molecule has 0 N–H and O–H groups in total. The molecule has 1 saturated carbocycles. The highest BCUT2D eigenvalue weighted by Gasteiger charge is 2.62. The third kappa shape index (κ3) is 2.63. The molecular formula is C12H19F3O3. The zero-order chi connectivity index (χ0) is 13.8. The third-order valence-corrected chi connectivity index (χ3v) is 3.42. The molecule has 1 fully saturated rings. The summed E-state index contributed by atoms with van der Waals surface area (Å²) in [5.41, 5.74) is -1.88. The van der Waals surface area contributed by atoms with Gasteiger partial charge in [0.2, 0.25) is 0 Å². The van der Waals surface area contributed by atoms with Gasteiger partial charge in [0.25, 0.3) is 6.17 Å². The molecule has 0 spiro atoms. The van der Waals surface area contributed by atoms with Crippen molar-refractivity contribution in [1.82, 2.24) is 0 Å². The van der Waals surface area contributed by atoms with Crippen molar-refractivity contribution < 1.29 is 27.4 Å². The van der Waals surface area contributed by atoms with Gasteiger partial charge in [0.15, 0.2) is 0 Å². The van der Waals surface area contributed by atoms with Gasteiger partial charge in [-0.05, 0) is 19.8 Å². The quantitative estimate of drug-likeness (QED) is 0.719. The fourth-order valence-electron chi connectivity index (χ4n) is 2.46. The number of ether oxygens (including phenoxy) is 2. The predicted molar refractivity (Wildman–Crippen MR) is 59.3 cm³/mol. The Labute approximate surface area is 105 Å². The van der Waals surface area contributed by atoms with Crippen molar-refractivity contribution in [2.24, 2.45) is 0 Å². The molecule has 0 aliphatic heterocycles. The maximum Gasteiger partial charge on any atom is 0.347 e. The largest absolute Gasteiger partial charge is 0.467 e. The molecule has 0 saturated heterocycles. The Balaban J connectivity index is 2.98. The van der Waals surface area contributed by atoms with Crippen LogP contribution >= 0.6 is 0 Å². The summed E-state index contributed by atoms with van der Waals surface area (Å²) < 4.78 is 51.2. The summed E-state index contributed by atoms with van der Waals surface area (Å²) in [4.78, 5) is 11.0. The topological polar surface area (TPSA) is 35.5 Å². The maximum atomic E-state index is 14.2. The monoisotopic (exact) mass is 268 g/mol. The highest BCUT2D eigenvalue weighted by molar-refractivity contribution is 5.76. The Morgan fingerprint density at radius 3 is 2.33 bits per heavy atom. The van der Waals surface area contributed by atoms with Gasteiger partial charge in [-0.15, -0.1) is 0 Å². The van der Waals surface area contributed by atoms with Crippen molar-refractivity contribution in [3.05, 3.63) is 0 Å². The van der Waals surface area contributed by atoms with Gasteiger partial charge >= 0.3 is 11.9 Å². The number of hydrogen-bond donors (Lipinski definition) is 0. The second-order valence-corrected chi connectivity index (χ2v) is 4.50. The molecule has 3 nitrogen and oxygen atoms in total. The van der Waals surface area contributed by atoms with Crippen molar-refractivity contribution in [3.63, 3.8) is 0 Å². The van der Waals surface area contributed by atoms with E-state index >= 15 is 0 Å². The minimum Gasteiger partial charge on any atom is -0.467 e. The molecule has 1 aliphatic carbocycles. The van der Waals surface area contributed by atoms with Gasteiger partial charge in [-0.2, -0.15) is 8.78 Å². The lowest BCUT2D eigenvalue weighted by Gasteiger charge is -2.43. The minimum atomic E-state index is -3.86. The van der Waals surface area contributed by atoms with Crippen molar-refractivity contribution in [1.29, 1.82) is 0 Å². The van der Waals surface area contributed by atoms with E-state index in [2.05, 4.69) is 4.74 Å². The molecule has 1 rings (SSSR count). The Kier molecular flexibility index (Phi) is 5.01. The van der Waals surface area contributed by atoms with E-state index in [1.165, 1.54) is 0 Å². The molecule has 0 amide bonds. The van der Waals surface area contributed by atoms with E-state index in [0.717, 1.165) is 13.5 Å². The lowest BCUT2D eigenvalue weighted by atomic mass is 9.78. The number of rotatable bonds is 5. The van der Waals surface area contributed by atoms with Crippen LogP contribution in [0.25, 0.3) is 0 Å². The molecule has 1 unspecified atom stereocenters. The molecule has 0 aromatic rings. The van der Waals surface area contributed by atoms with Gasteiger partial charge in [0, 0.05) is 6.61 Å². The molecule has 106 valence electrons. The van der Waals surface area contributed by atoms with Crippen LogP contribution in [0.15, 0.2) is 0 Å². The highest BCUT2D eigenvalue weighted by atomic mass is 19.3. The molecule has 18 heavy (non-hydrogen) atoms. The lowest BCUT2D eigenvalue weighted by molar-refractivity contribution is -0.249. The van der Waals surface area contributed by atoms with E-state index in [4.69, 9.17) is 4.74 Å². The Morgan fingerprint density at radius 2 is 1.89 bits per heavy atom. The number of carbonyl (C=O) groups is 1. The van der Waals surface area contributed by atoms with Crippen LogP contribution in [0.1, 0.15) is 39.0 Å². The summed E-state index contributed by atoms with van der Waals surface area (Å²) >= 11 is 0. The Hall–Kier alpha value is -0.780. The summed E-state index contributed by atoms with van der Waals surface area (Å²) in [6, 6.07) is 0. The molecule has 0 aromatic heterocycles. The molecule has 0 radical (unpaired) electrons. The molecule has 1 aliphatic rings. The van der Waals surface area contributed by atoms with Crippen LogP contribution in [-0.4, -0.2) is 37.4 Å². The Morgan fingerprint density at radius 1 is 1.33 bits per heavy atom. The van der Waals surface area contributed by atoms with Gasteiger partial charge in [-0.1, -0.05) is 19.3 Å². The van der Waals surface area contributed by atoms with E-state index in [9.17, 15) is 18.0 Å². The standard InChI is InChI=1S/C12H19F3O3/c1-3-18-11(7-5-4-6-8-11)12(14,15)9(13)10(16)17-2/h9H,3-8H2,1-2H3. The van der Waals surface area contributed by atoms with Crippen molar-refractivity contribution in [3.8, 4) is 0 Å². The summed E-state index contributed by atoms with van der Waals surface area (Å²) in [5.74, 6) is -5.42. The van der Waals surface area contributed by atoms with Crippen LogP contribution in [0, 0.1) is 0 Å². The molecule has 6 heteroatoms. The van der Waals surface area contributed by atoms with Crippen LogP contribution in [0.4, 0.5) is 13.2 Å². The number of esters is 1. The van der Waals surface area contributed by atoms with Crippen LogP contribution in [0.3, 0.4) is 0 Å². The SMILES string of the molecule is CCOC1(C(F)(F)C(F)C(=O)OC)CCCCC1. The third-order valence-electron chi connectivity index (χ3n) is 3.42. The minimum absolute atomic E-state index is 0.0590. The van der Waals surface area contributed by atoms with Gasteiger partial charge in [-0.25, -0.2) is 9.18 Å². The highest BCUT2D eigenvalue weighted by Crippen LogP contribution is 2.46. The van der Waals surface area contributed by atoms with Crippen LogP contribution < -0.4 is 0 Å². The fraction of sp³-hybridized carbons (Fsp3) is 0.917. The second-order valence-electron chi connectivity index (χ2n) is 4.50. The smallest absolute Gasteiger partial charge is 0.347 e. The molecule has 0 bridgehead atoms. The van der Waals surface area contributed by atoms with E-state index in [0.29, 0.717) is 12.8 Å². The second kappa shape index (κ2) is 5.91. The van der Waals surface area contributed by atoms with Gasteiger partial charge in [-0.3, -0.25) is 0 Å². The van der Waals surface area contributed by atoms with Crippen LogP contribution in [0.2, 0.25) is 0 Å². The summed E-state index contributed by atoms with van der Waals surface area (Å²) in [6.07, 6.45) is -0.948.